The van der Waals surface area contributed by atoms with Gasteiger partial charge in [-0.2, -0.15) is 11.3 Å². The zero-order chi connectivity index (χ0) is 11.2. The Hall–Kier alpha value is -1.28. The van der Waals surface area contributed by atoms with Gasteiger partial charge >= 0.3 is 0 Å². The highest BCUT2D eigenvalue weighted by molar-refractivity contribution is 7.08. The molecule has 1 heterocycles. The number of rotatable bonds is 5. The number of hydrogen-bond donors (Lipinski definition) is 1. The lowest BCUT2D eigenvalue weighted by Crippen LogP contribution is -2.05. The van der Waals surface area contributed by atoms with E-state index in [1.807, 2.05) is 0 Å². The molecule has 2 aromatic rings. The molecular formula is C14H17NS. The smallest absolute Gasteiger partial charge is 0.0448 e. The van der Waals surface area contributed by atoms with E-state index in [1.165, 1.54) is 17.7 Å². The first-order chi connectivity index (χ1) is 7.86. The lowest BCUT2D eigenvalue weighted by atomic mass is 9.98. The molecule has 0 aliphatic rings. The van der Waals surface area contributed by atoms with E-state index in [-0.39, 0.29) is 0 Å². The van der Waals surface area contributed by atoms with Crippen LogP contribution in [0.2, 0.25) is 0 Å². The first-order valence-electron chi connectivity index (χ1n) is 5.67. The van der Waals surface area contributed by atoms with Gasteiger partial charge in [-0.3, -0.25) is 0 Å². The number of thiophene rings is 1. The van der Waals surface area contributed by atoms with Crippen molar-refractivity contribution >= 4 is 17.0 Å². The summed E-state index contributed by atoms with van der Waals surface area (Å²) in [7, 11) is 0. The molecule has 84 valence electrons. The maximum atomic E-state index is 3.44. The highest BCUT2D eigenvalue weighted by Crippen LogP contribution is 2.19. The molecular weight excluding hydrogens is 214 g/mol. The highest BCUT2D eigenvalue weighted by Gasteiger charge is 2.03. The van der Waals surface area contributed by atoms with Crippen molar-refractivity contribution in [3.8, 4) is 0 Å². The molecule has 0 amide bonds. The molecule has 0 saturated heterocycles. The predicted octanol–water partition coefficient (Wildman–Crippen LogP) is 4.35. The SMILES string of the molecule is CC(CCNc1ccsc1)c1ccccc1. The van der Waals surface area contributed by atoms with Gasteiger partial charge in [0, 0.05) is 17.6 Å². The topological polar surface area (TPSA) is 12.0 Å². The normalized spacial score (nSPS) is 12.3. The third-order valence-corrected chi connectivity index (χ3v) is 3.48. The molecule has 0 bridgehead atoms. The average molecular weight is 231 g/mol. The van der Waals surface area contributed by atoms with Crippen molar-refractivity contribution in [3.63, 3.8) is 0 Å². The third kappa shape index (κ3) is 3.11. The Morgan fingerprint density at radius 3 is 2.69 bits per heavy atom. The first-order valence-corrected chi connectivity index (χ1v) is 6.61. The number of nitrogens with one attached hydrogen (secondary N) is 1. The summed E-state index contributed by atoms with van der Waals surface area (Å²) >= 11 is 1.73. The molecule has 2 heteroatoms. The van der Waals surface area contributed by atoms with Crippen molar-refractivity contribution in [1.82, 2.24) is 0 Å². The van der Waals surface area contributed by atoms with Crippen LogP contribution in [0.15, 0.2) is 47.2 Å². The van der Waals surface area contributed by atoms with Crippen LogP contribution in [-0.2, 0) is 0 Å². The Morgan fingerprint density at radius 2 is 2.00 bits per heavy atom. The lowest BCUT2D eigenvalue weighted by Gasteiger charge is -2.12. The van der Waals surface area contributed by atoms with Crippen molar-refractivity contribution in [2.24, 2.45) is 0 Å². The zero-order valence-electron chi connectivity index (χ0n) is 9.52. The number of hydrogen-bond acceptors (Lipinski definition) is 2. The van der Waals surface area contributed by atoms with Crippen molar-refractivity contribution in [1.29, 1.82) is 0 Å². The van der Waals surface area contributed by atoms with E-state index in [0.717, 1.165) is 6.54 Å². The maximum absolute atomic E-state index is 3.44. The molecule has 1 aromatic heterocycles. The lowest BCUT2D eigenvalue weighted by molar-refractivity contribution is 0.706. The number of benzene rings is 1. The fraction of sp³-hybridized carbons (Fsp3) is 0.286. The molecule has 0 radical (unpaired) electrons. The predicted molar refractivity (Wildman–Crippen MR) is 72.3 cm³/mol. The molecule has 0 aliphatic carbocycles. The molecule has 0 aliphatic heterocycles. The Kier molecular flexibility index (Phi) is 4.00. The largest absolute Gasteiger partial charge is 0.384 e. The van der Waals surface area contributed by atoms with Crippen LogP contribution in [0.25, 0.3) is 0 Å². The van der Waals surface area contributed by atoms with Gasteiger partial charge in [0.1, 0.15) is 0 Å². The van der Waals surface area contributed by atoms with E-state index in [1.54, 1.807) is 11.3 Å². The molecule has 1 nitrogen and oxygen atoms in total. The van der Waals surface area contributed by atoms with Crippen LogP contribution in [0, 0.1) is 0 Å². The van der Waals surface area contributed by atoms with E-state index >= 15 is 0 Å². The van der Waals surface area contributed by atoms with E-state index in [4.69, 9.17) is 0 Å². The summed E-state index contributed by atoms with van der Waals surface area (Å²) in [5.74, 6) is 0.618. The summed E-state index contributed by atoms with van der Waals surface area (Å²) < 4.78 is 0. The van der Waals surface area contributed by atoms with Gasteiger partial charge in [0.2, 0.25) is 0 Å². The monoisotopic (exact) mass is 231 g/mol. The minimum Gasteiger partial charge on any atom is -0.384 e. The fourth-order valence-corrected chi connectivity index (χ4v) is 2.36. The van der Waals surface area contributed by atoms with E-state index in [9.17, 15) is 0 Å². The van der Waals surface area contributed by atoms with Crippen molar-refractivity contribution in [2.75, 3.05) is 11.9 Å². The summed E-state index contributed by atoms with van der Waals surface area (Å²) in [5, 5.41) is 7.68. The van der Waals surface area contributed by atoms with Gasteiger partial charge < -0.3 is 5.32 Å². The molecule has 1 aromatic carbocycles. The standard InChI is InChI=1S/C14H17NS/c1-12(13-5-3-2-4-6-13)7-9-15-14-8-10-16-11-14/h2-6,8,10-12,15H,7,9H2,1H3. The van der Waals surface area contributed by atoms with Crippen molar-refractivity contribution in [3.05, 3.63) is 52.7 Å². The Balaban J connectivity index is 1.78. The average Bonchev–Trinajstić information content (AvgIpc) is 2.83. The van der Waals surface area contributed by atoms with Gasteiger partial charge in [0.15, 0.2) is 0 Å². The molecule has 1 N–H and O–H groups in total. The van der Waals surface area contributed by atoms with Crippen LogP contribution in [0.5, 0.6) is 0 Å². The first kappa shape index (κ1) is 11.2. The van der Waals surface area contributed by atoms with Crippen LogP contribution >= 0.6 is 11.3 Å². The van der Waals surface area contributed by atoms with Crippen molar-refractivity contribution < 1.29 is 0 Å². The Labute approximate surface area is 101 Å². The summed E-state index contributed by atoms with van der Waals surface area (Å²) in [6.07, 6.45) is 1.17. The van der Waals surface area contributed by atoms with Crippen LogP contribution in [-0.4, -0.2) is 6.54 Å². The Morgan fingerprint density at radius 1 is 1.19 bits per heavy atom. The van der Waals surface area contributed by atoms with E-state index in [0.29, 0.717) is 5.92 Å². The van der Waals surface area contributed by atoms with Crippen LogP contribution in [0.1, 0.15) is 24.8 Å². The molecule has 2 rings (SSSR count). The van der Waals surface area contributed by atoms with Gasteiger partial charge in [-0.1, -0.05) is 37.3 Å². The molecule has 0 saturated carbocycles. The molecule has 0 spiro atoms. The van der Waals surface area contributed by atoms with Gasteiger partial charge in [0.25, 0.3) is 0 Å². The van der Waals surface area contributed by atoms with Crippen LogP contribution < -0.4 is 5.32 Å². The highest BCUT2D eigenvalue weighted by atomic mass is 32.1. The second-order valence-electron chi connectivity index (χ2n) is 4.04. The molecule has 16 heavy (non-hydrogen) atoms. The van der Waals surface area contributed by atoms with Gasteiger partial charge in [-0.15, -0.1) is 0 Å². The molecule has 0 fully saturated rings. The minimum absolute atomic E-state index is 0.618. The summed E-state index contributed by atoms with van der Waals surface area (Å²) in [6, 6.07) is 12.8. The van der Waals surface area contributed by atoms with Gasteiger partial charge in [-0.05, 0) is 29.3 Å². The minimum atomic E-state index is 0.618. The second kappa shape index (κ2) is 5.71. The summed E-state index contributed by atoms with van der Waals surface area (Å²) in [4.78, 5) is 0. The molecule has 1 unspecified atom stereocenters. The van der Waals surface area contributed by atoms with E-state index in [2.05, 4.69) is 59.4 Å². The van der Waals surface area contributed by atoms with Crippen LogP contribution in [0.4, 0.5) is 5.69 Å². The van der Waals surface area contributed by atoms with E-state index < -0.39 is 0 Å². The fourth-order valence-electron chi connectivity index (χ4n) is 1.75. The summed E-state index contributed by atoms with van der Waals surface area (Å²) in [6.45, 7) is 3.32. The Bertz CT molecular complexity index is 394. The van der Waals surface area contributed by atoms with Crippen LogP contribution in [0.3, 0.4) is 0 Å². The number of anilines is 1. The van der Waals surface area contributed by atoms with Crippen molar-refractivity contribution in [2.45, 2.75) is 19.3 Å². The third-order valence-electron chi connectivity index (χ3n) is 2.80. The quantitative estimate of drug-likeness (QED) is 0.806. The second-order valence-corrected chi connectivity index (χ2v) is 4.82. The van der Waals surface area contributed by atoms with Gasteiger partial charge in [-0.25, -0.2) is 0 Å². The molecule has 1 atom stereocenters. The summed E-state index contributed by atoms with van der Waals surface area (Å²) in [5.41, 5.74) is 2.67. The maximum Gasteiger partial charge on any atom is 0.0448 e. The zero-order valence-corrected chi connectivity index (χ0v) is 10.3. The van der Waals surface area contributed by atoms with Gasteiger partial charge in [0.05, 0.1) is 0 Å².